The van der Waals surface area contributed by atoms with Gasteiger partial charge >= 0.3 is 0 Å². The highest BCUT2D eigenvalue weighted by Crippen LogP contribution is 2.36. The van der Waals surface area contributed by atoms with Gasteiger partial charge in [0.2, 0.25) is 0 Å². The van der Waals surface area contributed by atoms with E-state index in [1.54, 1.807) is 25.1 Å². The van der Waals surface area contributed by atoms with E-state index in [2.05, 4.69) is 28.0 Å². The average Bonchev–Trinajstić information content (AvgIpc) is 3.36. The molecule has 0 bridgehead atoms. The molecule has 2 aromatic heterocycles. The first-order valence-electron chi connectivity index (χ1n) is 12.8. The molecule has 192 valence electrons. The number of hydrogen-bond acceptors (Lipinski definition) is 5. The zero-order valence-corrected chi connectivity index (χ0v) is 21.6. The highest BCUT2D eigenvalue weighted by Gasteiger charge is 2.25. The van der Waals surface area contributed by atoms with Gasteiger partial charge in [-0.2, -0.15) is 0 Å². The highest BCUT2D eigenvalue weighted by atomic mass is 16.5. The number of methoxy groups -OCH3 is 1. The number of ether oxygens (including phenoxy) is 1. The summed E-state index contributed by atoms with van der Waals surface area (Å²) in [5.41, 5.74) is 5.15. The lowest BCUT2D eigenvalue weighted by Gasteiger charge is -2.32. The van der Waals surface area contributed by atoms with Crippen LogP contribution in [0.15, 0.2) is 67.0 Å². The predicted molar refractivity (Wildman–Crippen MR) is 146 cm³/mol. The molecule has 1 amide bonds. The summed E-state index contributed by atoms with van der Waals surface area (Å²) in [7, 11) is 5.59. The monoisotopic (exact) mass is 498 g/mol. The van der Waals surface area contributed by atoms with Crippen LogP contribution in [0, 0.1) is 5.92 Å². The summed E-state index contributed by atoms with van der Waals surface area (Å²) in [5, 5.41) is 11.9. The molecule has 5 rings (SSSR count). The molecule has 37 heavy (non-hydrogen) atoms. The van der Waals surface area contributed by atoms with Gasteiger partial charge in [0.25, 0.3) is 5.91 Å². The largest absolute Gasteiger partial charge is 0.496 e. The van der Waals surface area contributed by atoms with Crippen molar-refractivity contribution in [2.24, 2.45) is 5.92 Å². The van der Waals surface area contributed by atoms with Crippen molar-refractivity contribution in [1.82, 2.24) is 19.8 Å². The SMILES string of the molecule is COc1ccccc1-c1c[nH]c2ncc(-c3cccc(C(O)C(=O)N(C)CC4CCN(C)CC4)c3)cc12. The minimum absolute atomic E-state index is 0.270. The molecular weight excluding hydrogens is 464 g/mol. The number of likely N-dealkylation sites (tertiary alicyclic amines) is 1. The van der Waals surface area contributed by atoms with Crippen molar-refractivity contribution < 1.29 is 14.6 Å². The number of carbonyl (C=O) groups is 1. The second-order valence-corrected chi connectivity index (χ2v) is 10.0. The molecule has 7 nitrogen and oxygen atoms in total. The number of benzene rings is 2. The molecule has 1 unspecified atom stereocenters. The number of hydrogen-bond donors (Lipinski definition) is 2. The van der Waals surface area contributed by atoms with E-state index in [-0.39, 0.29) is 5.91 Å². The second kappa shape index (κ2) is 10.7. The molecule has 2 aromatic carbocycles. The Kier molecular flexibility index (Phi) is 7.26. The van der Waals surface area contributed by atoms with Crippen LogP contribution in [0.1, 0.15) is 24.5 Å². The van der Waals surface area contributed by atoms with Gasteiger partial charge in [-0.25, -0.2) is 4.98 Å². The number of fused-ring (bicyclic) bond motifs is 1. The Morgan fingerprint density at radius 3 is 2.70 bits per heavy atom. The Bertz CT molecular complexity index is 1390. The smallest absolute Gasteiger partial charge is 0.255 e. The zero-order chi connectivity index (χ0) is 25.9. The number of piperidine rings is 1. The first kappa shape index (κ1) is 25.0. The van der Waals surface area contributed by atoms with E-state index >= 15 is 0 Å². The summed E-state index contributed by atoms with van der Waals surface area (Å²) < 4.78 is 5.57. The topological polar surface area (TPSA) is 81.7 Å². The van der Waals surface area contributed by atoms with Gasteiger partial charge in [0.05, 0.1) is 7.11 Å². The Morgan fingerprint density at radius 2 is 1.92 bits per heavy atom. The summed E-state index contributed by atoms with van der Waals surface area (Å²) in [4.78, 5) is 24.9. The second-order valence-electron chi connectivity index (χ2n) is 10.0. The Balaban J connectivity index is 1.38. The Labute approximate surface area is 217 Å². The minimum atomic E-state index is -1.20. The fraction of sp³-hybridized carbons (Fsp3) is 0.333. The Morgan fingerprint density at radius 1 is 1.14 bits per heavy atom. The van der Waals surface area contributed by atoms with Crippen molar-refractivity contribution >= 4 is 16.9 Å². The minimum Gasteiger partial charge on any atom is -0.496 e. The third-order valence-corrected chi connectivity index (χ3v) is 7.44. The maximum absolute atomic E-state index is 13.1. The number of pyridine rings is 1. The lowest BCUT2D eigenvalue weighted by atomic mass is 9.96. The van der Waals surface area contributed by atoms with Crippen molar-refractivity contribution in [3.8, 4) is 28.0 Å². The molecule has 1 fully saturated rings. The van der Waals surface area contributed by atoms with Crippen LogP contribution in [0.25, 0.3) is 33.3 Å². The van der Waals surface area contributed by atoms with Crippen LogP contribution in [0.2, 0.25) is 0 Å². The van der Waals surface area contributed by atoms with Crippen LogP contribution >= 0.6 is 0 Å². The van der Waals surface area contributed by atoms with E-state index in [0.29, 0.717) is 18.0 Å². The van der Waals surface area contributed by atoms with E-state index < -0.39 is 6.10 Å². The number of nitrogens with one attached hydrogen (secondary N) is 1. The fourth-order valence-corrected chi connectivity index (χ4v) is 5.21. The van der Waals surface area contributed by atoms with Crippen molar-refractivity contribution in [2.75, 3.05) is 40.8 Å². The molecule has 0 aliphatic carbocycles. The number of aromatic nitrogens is 2. The van der Waals surface area contributed by atoms with Gasteiger partial charge in [0.15, 0.2) is 6.10 Å². The standard InChI is InChI=1S/C30H34N4O3/c1-33-13-11-20(12-14-33)19-34(2)30(36)28(35)22-8-6-7-21(15-22)23-16-25-26(18-32-29(25)31-17-23)24-9-4-5-10-27(24)37-3/h4-10,15-18,20,28,35H,11-14,19H2,1-3H3,(H,31,32). The molecule has 0 radical (unpaired) electrons. The van der Waals surface area contributed by atoms with Gasteiger partial charge < -0.3 is 24.6 Å². The van der Waals surface area contributed by atoms with E-state index in [9.17, 15) is 9.90 Å². The van der Waals surface area contributed by atoms with Crippen LogP contribution < -0.4 is 4.74 Å². The number of aromatic amines is 1. The lowest BCUT2D eigenvalue weighted by molar-refractivity contribution is -0.139. The molecule has 2 N–H and O–H groups in total. The number of aliphatic hydroxyl groups is 1. The molecule has 0 spiro atoms. The molecule has 4 aromatic rings. The average molecular weight is 499 g/mol. The van der Waals surface area contributed by atoms with Gasteiger partial charge in [-0.1, -0.05) is 36.4 Å². The number of aliphatic hydroxyl groups excluding tert-OH is 1. The number of rotatable bonds is 7. The van der Waals surface area contributed by atoms with Gasteiger partial charge in [0.1, 0.15) is 11.4 Å². The normalized spacial score (nSPS) is 15.6. The molecule has 1 aliphatic heterocycles. The number of likely N-dealkylation sites (N-methyl/N-ethyl adjacent to an activating group) is 1. The third-order valence-electron chi connectivity index (χ3n) is 7.44. The van der Waals surface area contributed by atoms with Gasteiger partial charge in [0, 0.05) is 48.1 Å². The van der Waals surface area contributed by atoms with Crippen molar-refractivity contribution in [1.29, 1.82) is 0 Å². The van der Waals surface area contributed by atoms with Crippen molar-refractivity contribution in [2.45, 2.75) is 18.9 Å². The van der Waals surface area contributed by atoms with Gasteiger partial charge in [-0.3, -0.25) is 4.79 Å². The molecule has 7 heteroatoms. The van der Waals surface area contributed by atoms with E-state index in [1.807, 2.05) is 54.9 Å². The van der Waals surface area contributed by atoms with Gasteiger partial charge in [-0.05, 0) is 68.2 Å². The summed E-state index contributed by atoms with van der Waals surface area (Å²) in [5.74, 6) is 0.996. The number of carbonyl (C=O) groups excluding carboxylic acids is 1. The predicted octanol–water partition coefficient (Wildman–Crippen LogP) is 4.74. The summed E-state index contributed by atoms with van der Waals surface area (Å²) in [6.07, 6.45) is 4.70. The van der Waals surface area contributed by atoms with Crippen LogP contribution in [0.4, 0.5) is 0 Å². The molecule has 1 aliphatic rings. The number of nitrogens with zero attached hydrogens (tertiary/aromatic N) is 3. The van der Waals surface area contributed by atoms with E-state index in [0.717, 1.165) is 65.0 Å². The summed E-state index contributed by atoms with van der Waals surface area (Å²) >= 11 is 0. The maximum atomic E-state index is 13.1. The summed E-state index contributed by atoms with van der Waals surface area (Å²) in [6, 6.07) is 17.5. The number of amides is 1. The van der Waals surface area contributed by atoms with Crippen LogP contribution in [0.3, 0.4) is 0 Å². The van der Waals surface area contributed by atoms with Crippen LogP contribution in [0.5, 0.6) is 5.75 Å². The lowest BCUT2D eigenvalue weighted by Crippen LogP contribution is -2.39. The molecule has 1 saturated heterocycles. The fourth-order valence-electron chi connectivity index (χ4n) is 5.21. The highest BCUT2D eigenvalue weighted by molar-refractivity contribution is 5.97. The molecular formula is C30H34N4O3. The maximum Gasteiger partial charge on any atom is 0.255 e. The van der Waals surface area contributed by atoms with E-state index in [1.165, 1.54) is 0 Å². The van der Waals surface area contributed by atoms with Crippen LogP contribution in [-0.4, -0.2) is 71.6 Å². The van der Waals surface area contributed by atoms with E-state index in [4.69, 9.17) is 4.74 Å². The van der Waals surface area contributed by atoms with Gasteiger partial charge in [-0.15, -0.1) is 0 Å². The molecule has 1 atom stereocenters. The van der Waals surface area contributed by atoms with Crippen molar-refractivity contribution in [3.63, 3.8) is 0 Å². The Hall–Kier alpha value is -3.68. The molecule has 3 heterocycles. The number of para-hydroxylation sites is 1. The molecule has 0 saturated carbocycles. The quantitative estimate of drug-likeness (QED) is 0.385. The van der Waals surface area contributed by atoms with Crippen LogP contribution in [-0.2, 0) is 4.79 Å². The first-order valence-corrected chi connectivity index (χ1v) is 12.8. The van der Waals surface area contributed by atoms with Crippen molar-refractivity contribution in [3.05, 3.63) is 72.6 Å². The zero-order valence-electron chi connectivity index (χ0n) is 21.6. The third kappa shape index (κ3) is 5.24. The number of H-pyrrole nitrogens is 1. The summed E-state index contributed by atoms with van der Waals surface area (Å²) in [6.45, 7) is 2.77. The first-order chi connectivity index (χ1) is 17.9.